The molecule has 0 spiro atoms. The first kappa shape index (κ1) is 9.72. The summed E-state index contributed by atoms with van der Waals surface area (Å²) in [4.78, 5) is 15.2. The molecule has 1 rings (SSSR count). The molecule has 1 atom stereocenters. The molecule has 68 valence electrons. The summed E-state index contributed by atoms with van der Waals surface area (Å²) in [6, 6.07) is 0. The van der Waals surface area contributed by atoms with E-state index in [0.717, 1.165) is 0 Å². The third-order valence-electron chi connectivity index (χ3n) is 1.33. The Morgan fingerprint density at radius 2 is 2.42 bits per heavy atom. The molecule has 0 aromatic rings. The summed E-state index contributed by atoms with van der Waals surface area (Å²) in [5.74, 6) is 4.51. The first-order chi connectivity index (χ1) is 5.66. The summed E-state index contributed by atoms with van der Waals surface area (Å²) in [6.45, 7) is 0. The predicted octanol–water partition coefficient (Wildman–Crippen LogP) is -0.0265. The van der Waals surface area contributed by atoms with Crippen molar-refractivity contribution in [2.24, 2.45) is 5.90 Å². The predicted molar refractivity (Wildman–Crippen MR) is 45.2 cm³/mol. The van der Waals surface area contributed by atoms with Crippen LogP contribution in [0.4, 0.5) is 0 Å². The lowest BCUT2D eigenvalue weighted by atomic mass is 10.4. The molecule has 3 N–H and O–H groups in total. The van der Waals surface area contributed by atoms with Crippen LogP contribution >= 0.6 is 11.8 Å². The second-order valence-electron chi connectivity index (χ2n) is 2.01. The molecular formula is C5H7NO4S2. The van der Waals surface area contributed by atoms with Crippen molar-refractivity contribution < 1.29 is 18.4 Å². The van der Waals surface area contributed by atoms with Crippen molar-refractivity contribution in [3.63, 3.8) is 0 Å². The minimum absolute atomic E-state index is 0.165. The van der Waals surface area contributed by atoms with Crippen molar-refractivity contribution >= 4 is 28.8 Å². The fourth-order valence-corrected chi connectivity index (χ4v) is 2.81. The average molecular weight is 209 g/mol. The van der Waals surface area contributed by atoms with Crippen LogP contribution in [-0.4, -0.2) is 20.5 Å². The van der Waals surface area contributed by atoms with Gasteiger partial charge in [-0.25, -0.2) is 9.00 Å². The molecule has 7 heteroatoms. The molecule has 0 radical (unpaired) electrons. The zero-order valence-corrected chi connectivity index (χ0v) is 7.61. The molecule has 0 saturated carbocycles. The van der Waals surface area contributed by atoms with Gasteiger partial charge in [0.2, 0.25) is 0 Å². The molecule has 1 aliphatic heterocycles. The number of hydrogen-bond donors (Lipinski definition) is 2. The number of allylic oxidation sites excluding steroid dienone is 1. The van der Waals surface area contributed by atoms with Gasteiger partial charge in [0.05, 0.1) is 4.91 Å². The van der Waals surface area contributed by atoms with Crippen LogP contribution in [0.3, 0.4) is 0 Å². The molecule has 1 aliphatic rings. The minimum Gasteiger partial charge on any atom is -0.369 e. The van der Waals surface area contributed by atoms with Crippen LogP contribution in [0, 0.1) is 0 Å². The fraction of sp³-hybridized carbons (Fsp3) is 0.400. The number of hydrogen-bond acceptors (Lipinski definition) is 5. The van der Waals surface area contributed by atoms with E-state index < -0.39 is 17.0 Å². The molecule has 1 heterocycles. The standard InChI is InChI=1S/C5H7NO4S2/c6-10-5(7)4-3(12(8)9)1-2-11-4/h1-2,6H2,(H,8,9). The summed E-state index contributed by atoms with van der Waals surface area (Å²) < 4.78 is 19.3. The normalized spacial score (nSPS) is 19.5. The average Bonchev–Trinajstić information content (AvgIpc) is 2.50. The summed E-state index contributed by atoms with van der Waals surface area (Å²) >= 11 is -0.907. The van der Waals surface area contributed by atoms with Gasteiger partial charge in [0.25, 0.3) is 0 Å². The van der Waals surface area contributed by atoms with E-state index >= 15 is 0 Å². The maximum Gasteiger partial charge on any atom is 0.364 e. The van der Waals surface area contributed by atoms with Gasteiger partial charge in [0.1, 0.15) is 4.91 Å². The molecule has 0 saturated heterocycles. The van der Waals surface area contributed by atoms with E-state index in [-0.39, 0.29) is 9.81 Å². The van der Waals surface area contributed by atoms with E-state index in [1.165, 1.54) is 11.8 Å². The van der Waals surface area contributed by atoms with Crippen molar-refractivity contribution in [3.8, 4) is 0 Å². The van der Waals surface area contributed by atoms with Crippen molar-refractivity contribution in [2.75, 3.05) is 5.75 Å². The van der Waals surface area contributed by atoms with E-state index in [9.17, 15) is 9.00 Å². The molecule has 5 nitrogen and oxygen atoms in total. The summed E-state index contributed by atoms with van der Waals surface area (Å²) in [5.41, 5.74) is 0. The molecule has 0 aliphatic carbocycles. The molecule has 0 amide bonds. The van der Waals surface area contributed by atoms with Crippen molar-refractivity contribution in [3.05, 3.63) is 9.81 Å². The molecule has 0 aromatic heterocycles. The molecule has 0 fully saturated rings. The summed E-state index contributed by atoms with van der Waals surface area (Å²) in [5, 5.41) is 0. The first-order valence-corrected chi connectivity index (χ1v) is 5.14. The highest BCUT2D eigenvalue weighted by Crippen LogP contribution is 2.33. The lowest BCUT2D eigenvalue weighted by Gasteiger charge is -1.98. The molecule has 12 heavy (non-hydrogen) atoms. The zero-order chi connectivity index (χ0) is 9.14. The Kier molecular flexibility index (Phi) is 3.27. The molecule has 0 aromatic carbocycles. The van der Waals surface area contributed by atoms with Gasteiger partial charge in [0.15, 0.2) is 11.1 Å². The SMILES string of the molecule is NOC(=O)C1=C(S(=O)O)CCS1. The third kappa shape index (κ3) is 1.86. The highest BCUT2D eigenvalue weighted by Gasteiger charge is 2.25. The quantitative estimate of drug-likeness (QED) is 0.490. The van der Waals surface area contributed by atoms with Gasteiger partial charge in [-0.15, -0.1) is 11.8 Å². The zero-order valence-electron chi connectivity index (χ0n) is 5.98. The van der Waals surface area contributed by atoms with Gasteiger partial charge < -0.3 is 9.39 Å². The number of carbonyl (C=O) groups is 1. The van der Waals surface area contributed by atoms with Gasteiger partial charge in [0, 0.05) is 5.75 Å². The van der Waals surface area contributed by atoms with Gasteiger partial charge in [-0.1, -0.05) is 0 Å². The van der Waals surface area contributed by atoms with E-state index in [4.69, 9.17) is 4.55 Å². The van der Waals surface area contributed by atoms with E-state index in [1.54, 1.807) is 0 Å². The lowest BCUT2D eigenvalue weighted by molar-refractivity contribution is -0.138. The second-order valence-corrected chi connectivity index (χ2v) is 4.10. The maximum atomic E-state index is 10.9. The smallest absolute Gasteiger partial charge is 0.364 e. The van der Waals surface area contributed by atoms with Crippen LogP contribution in [0.15, 0.2) is 9.81 Å². The lowest BCUT2D eigenvalue weighted by Crippen LogP contribution is -2.11. The number of carbonyl (C=O) groups excluding carboxylic acids is 1. The van der Waals surface area contributed by atoms with Gasteiger partial charge in [-0.05, 0) is 6.42 Å². The van der Waals surface area contributed by atoms with Crippen LogP contribution in [0.25, 0.3) is 0 Å². The Bertz CT molecular complexity index is 262. The Morgan fingerprint density at radius 3 is 2.92 bits per heavy atom. The van der Waals surface area contributed by atoms with Gasteiger partial charge >= 0.3 is 5.97 Å². The van der Waals surface area contributed by atoms with E-state index in [2.05, 4.69) is 10.7 Å². The number of thioether (sulfide) groups is 1. The highest BCUT2D eigenvalue weighted by molar-refractivity contribution is 8.05. The first-order valence-electron chi connectivity index (χ1n) is 3.04. The number of nitrogens with two attached hydrogens (primary N) is 1. The molecular weight excluding hydrogens is 202 g/mol. The van der Waals surface area contributed by atoms with Gasteiger partial charge in [-0.3, -0.25) is 0 Å². The monoisotopic (exact) mass is 209 g/mol. The van der Waals surface area contributed by atoms with Crippen molar-refractivity contribution in [1.82, 2.24) is 0 Å². The maximum absolute atomic E-state index is 10.9. The van der Waals surface area contributed by atoms with Crippen LogP contribution < -0.4 is 5.90 Å². The van der Waals surface area contributed by atoms with Crippen LogP contribution in [-0.2, 0) is 20.7 Å². The molecule has 1 unspecified atom stereocenters. The van der Waals surface area contributed by atoms with E-state index in [1.807, 2.05) is 0 Å². The Labute approximate surface area is 75.6 Å². The van der Waals surface area contributed by atoms with Gasteiger partial charge in [-0.2, -0.15) is 5.90 Å². The fourth-order valence-electron chi connectivity index (χ4n) is 0.833. The van der Waals surface area contributed by atoms with E-state index in [0.29, 0.717) is 12.2 Å². The largest absolute Gasteiger partial charge is 0.369 e. The van der Waals surface area contributed by atoms with Crippen LogP contribution in [0.2, 0.25) is 0 Å². The summed E-state index contributed by atoms with van der Waals surface area (Å²) in [6.07, 6.45) is 0.429. The summed E-state index contributed by atoms with van der Waals surface area (Å²) in [7, 11) is 0. The van der Waals surface area contributed by atoms with Crippen LogP contribution in [0.5, 0.6) is 0 Å². The Balaban J connectivity index is 2.91. The molecule has 0 bridgehead atoms. The van der Waals surface area contributed by atoms with Crippen molar-refractivity contribution in [2.45, 2.75) is 6.42 Å². The minimum atomic E-state index is -2.09. The van der Waals surface area contributed by atoms with Crippen LogP contribution in [0.1, 0.15) is 6.42 Å². The topological polar surface area (TPSA) is 89.6 Å². The Morgan fingerprint density at radius 1 is 1.75 bits per heavy atom. The van der Waals surface area contributed by atoms with Crippen molar-refractivity contribution in [1.29, 1.82) is 0 Å². The number of rotatable bonds is 2. The third-order valence-corrected chi connectivity index (χ3v) is 3.40. The highest BCUT2D eigenvalue weighted by atomic mass is 32.2. The Hall–Kier alpha value is -0.370. The second kappa shape index (κ2) is 4.04.